The molecule has 0 bridgehead atoms. The van der Waals surface area contributed by atoms with E-state index in [-0.39, 0.29) is 0 Å². The molecule has 0 aromatic rings. The quantitative estimate of drug-likeness (QED) is 0.493. The minimum atomic E-state index is 0.606. The summed E-state index contributed by atoms with van der Waals surface area (Å²) in [6.07, 6.45) is 1.10. The van der Waals surface area contributed by atoms with E-state index in [2.05, 4.69) is 18.7 Å². The van der Waals surface area contributed by atoms with E-state index in [0.29, 0.717) is 5.96 Å². The fourth-order valence-corrected chi connectivity index (χ4v) is 0.967. The van der Waals surface area contributed by atoms with E-state index in [4.69, 9.17) is 5.41 Å². The molecule has 0 aliphatic heterocycles. The standard InChI is InChI=1S/C8H19N3/c1-5-7-11(6-2)8(9)10(3)4/h9H,5-7H2,1-4H3. The van der Waals surface area contributed by atoms with E-state index in [1.54, 1.807) is 0 Å². The van der Waals surface area contributed by atoms with Gasteiger partial charge in [-0.05, 0) is 13.3 Å². The summed E-state index contributed by atoms with van der Waals surface area (Å²) in [6, 6.07) is 0. The lowest BCUT2D eigenvalue weighted by atomic mass is 10.4. The highest BCUT2D eigenvalue weighted by Gasteiger charge is 2.06. The fourth-order valence-electron chi connectivity index (χ4n) is 0.967. The predicted octanol–water partition coefficient (Wildman–Crippen LogP) is 1.21. The molecule has 0 atom stereocenters. The van der Waals surface area contributed by atoms with Crippen LogP contribution in [-0.4, -0.2) is 42.9 Å². The van der Waals surface area contributed by atoms with Crippen molar-refractivity contribution in [2.75, 3.05) is 27.2 Å². The maximum atomic E-state index is 7.66. The van der Waals surface area contributed by atoms with Gasteiger partial charge in [-0.1, -0.05) is 6.92 Å². The lowest BCUT2D eigenvalue weighted by Crippen LogP contribution is -2.40. The maximum absolute atomic E-state index is 7.66. The molecule has 66 valence electrons. The topological polar surface area (TPSA) is 30.3 Å². The second-order valence-electron chi connectivity index (χ2n) is 2.80. The summed E-state index contributed by atoms with van der Waals surface area (Å²) in [7, 11) is 3.81. The van der Waals surface area contributed by atoms with Crippen LogP contribution in [0.25, 0.3) is 0 Å². The molecule has 0 aliphatic rings. The Labute approximate surface area is 69.5 Å². The monoisotopic (exact) mass is 157 g/mol. The average Bonchev–Trinajstić information content (AvgIpc) is 1.98. The van der Waals surface area contributed by atoms with E-state index in [1.165, 1.54) is 0 Å². The molecule has 3 nitrogen and oxygen atoms in total. The zero-order valence-electron chi connectivity index (χ0n) is 8.02. The molecular formula is C8H19N3. The smallest absolute Gasteiger partial charge is 0.193 e. The fraction of sp³-hybridized carbons (Fsp3) is 0.875. The van der Waals surface area contributed by atoms with Crippen molar-refractivity contribution < 1.29 is 0 Å². The van der Waals surface area contributed by atoms with Gasteiger partial charge in [-0.3, -0.25) is 5.41 Å². The summed E-state index contributed by atoms with van der Waals surface area (Å²) in [5.41, 5.74) is 0. The molecule has 1 N–H and O–H groups in total. The number of hydrogen-bond acceptors (Lipinski definition) is 1. The summed E-state index contributed by atoms with van der Waals surface area (Å²) in [5, 5.41) is 7.66. The summed E-state index contributed by atoms with van der Waals surface area (Å²) in [6.45, 7) is 6.11. The van der Waals surface area contributed by atoms with Crippen LogP contribution in [0.3, 0.4) is 0 Å². The first-order valence-corrected chi connectivity index (χ1v) is 4.14. The molecule has 11 heavy (non-hydrogen) atoms. The maximum Gasteiger partial charge on any atom is 0.193 e. The largest absolute Gasteiger partial charge is 0.349 e. The molecule has 0 aliphatic carbocycles. The first kappa shape index (κ1) is 10.3. The highest BCUT2D eigenvalue weighted by atomic mass is 15.3. The van der Waals surface area contributed by atoms with Crippen LogP contribution in [0.5, 0.6) is 0 Å². The van der Waals surface area contributed by atoms with Crippen molar-refractivity contribution in [3.8, 4) is 0 Å². The molecule has 0 aromatic heterocycles. The second-order valence-corrected chi connectivity index (χ2v) is 2.80. The molecule has 0 aromatic carbocycles. The Morgan fingerprint density at radius 3 is 2.09 bits per heavy atom. The molecule has 0 unspecified atom stereocenters. The van der Waals surface area contributed by atoms with Crippen molar-refractivity contribution in [1.82, 2.24) is 9.80 Å². The summed E-state index contributed by atoms with van der Waals surface area (Å²) < 4.78 is 0. The van der Waals surface area contributed by atoms with E-state index in [0.717, 1.165) is 19.5 Å². The van der Waals surface area contributed by atoms with Crippen LogP contribution in [0.4, 0.5) is 0 Å². The predicted molar refractivity (Wildman–Crippen MR) is 49.0 cm³/mol. The first-order chi connectivity index (χ1) is 5.13. The van der Waals surface area contributed by atoms with Gasteiger partial charge in [0.05, 0.1) is 0 Å². The van der Waals surface area contributed by atoms with Gasteiger partial charge in [0.2, 0.25) is 0 Å². The third kappa shape index (κ3) is 3.25. The van der Waals surface area contributed by atoms with Crippen molar-refractivity contribution in [3.05, 3.63) is 0 Å². The Hall–Kier alpha value is -0.730. The zero-order chi connectivity index (χ0) is 8.85. The van der Waals surface area contributed by atoms with E-state index >= 15 is 0 Å². The van der Waals surface area contributed by atoms with Crippen LogP contribution in [0, 0.1) is 5.41 Å². The number of hydrogen-bond donors (Lipinski definition) is 1. The van der Waals surface area contributed by atoms with Crippen molar-refractivity contribution in [1.29, 1.82) is 5.41 Å². The van der Waals surface area contributed by atoms with Crippen molar-refractivity contribution in [2.45, 2.75) is 20.3 Å². The van der Waals surface area contributed by atoms with Crippen LogP contribution < -0.4 is 0 Å². The van der Waals surface area contributed by atoms with Crippen LogP contribution in [0.2, 0.25) is 0 Å². The number of rotatable bonds is 3. The third-order valence-electron chi connectivity index (χ3n) is 1.60. The van der Waals surface area contributed by atoms with Crippen LogP contribution in [-0.2, 0) is 0 Å². The Morgan fingerprint density at radius 1 is 1.27 bits per heavy atom. The molecular weight excluding hydrogens is 138 g/mol. The van der Waals surface area contributed by atoms with Crippen molar-refractivity contribution >= 4 is 5.96 Å². The number of nitrogens with zero attached hydrogens (tertiary/aromatic N) is 2. The molecule has 0 rings (SSSR count). The van der Waals surface area contributed by atoms with E-state index < -0.39 is 0 Å². The Bertz CT molecular complexity index is 121. The molecule has 3 heteroatoms. The molecule has 0 saturated carbocycles. The van der Waals surface area contributed by atoms with E-state index in [1.807, 2.05) is 19.0 Å². The zero-order valence-corrected chi connectivity index (χ0v) is 8.02. The van der Waals surface area contributed by atoms with Crippen LogP contribution in [0.15, 0.2) is 0 Å². The number of nitrogens with one attached hydrogen (secondary N) is 1. The molecule has 0 fully saturated rings. The van der Waals surface area contributed by atoms with Gasteiger partial charge in [-0.2, -0.15) is 0 Å². The summed E-state index contributed by atoms with van der Waals surface area (Å²) >= 11 is 0. The first-order valence-electron chi connectivity index (χ1n) is 4.14. The number of guanidine groups is 1. The lowest BCUT2D eigenvalue weighted by Gasteiger charge is -2.27. The molecule has 0 saturated heterocycles. The van der Waals surface area contributed by atoms with Gasteiger partial charge in [0.25, 0.3) is 0 Å². The summed E-state index contributed by atoms with van der Waals surface area (Å²) in [5.74, 6) is 0.606. The highest BCUT2D eigenvalue weighted by molar-refractivity contribution is 5.76. The molecule has 0 heterocycles. The second kappa shape index (κ2) is 4.99. The highest BCUT2D eigenvalue weighted by Crippen LogP contribution is 1.94. The van der Waals surface area contributed by atoms with Gasteiger partial charge in [-0.15, -0.1) is 0 Å². The lowest BCUT2D eigenvalue weighted by molar-refractivity contribution is 0.377. The molecule has 0 spiro atoms. The average molecular weight is 157 g/mol. The van der Waals surface area contributed by atoms with Crippen molar-refractivity contribution in [3.63, 3.8) is 0 Å². The van der Waals surface area contributed by atoms with Gasteiger partial charge in [0.15, 0.2) is 5.96 Å². The van der Waals surface area contributed by atoms with E-state index in [9.17, 15) is 0 Å². The normalized spacial score (nSPS) is 9.45. The van der Waals surface area contributed by atoms with Crippen LogP contribution in [0.1, 0.15) is 20.3 Å². The van der Waals surface area contributed by atoms with Crippen LogP contribution >= 0.6 is 0 Å². The molecule has 0 radical (unpaired) electrons. The van der Waals surface area contributed by atoms with Crippen molar-refractivity contribution in [2.24, 2.45) is 0 Å². The Morgan fingerprint density at radius 2 is 1.82 bits per heavy atom. The SMILES string of the molecule is CCCN(CC)C(=N)N(C)C. The Kier molecular flexibility index (Phi) is 4.66. The summed E-state index contributed by atoms with van der Waals surface area (Å²) in [4.78, 5) is 3.89. The van der Waals surface area contributed by atoms with Gasteiger partial charge in [-0.25, -0.2) is 0 Å². The minimum Gasteiger partial charge on any atom is -0.349 e. The molecule has 0 amide bonds. The third-order valence-corrected chi connectivity index (χ3v) is 1.60. The van der Waals surface area contributed by atoms with Gasteiger partial charge in [0.1, 0.15) is 0 Å². The van der Waals surface area contributed by atoms with Gasteiger partial charge in [0, 0.05) is 27.2 Å². The van der Waals surface area contributed by atoms with Gasteiger partial charge >= 0.3 is 0 Å². The van der Waals surface area contributed by atoms with Gasteiger partial charge < -0.3 is 9.80 Å². The minimum absolute atomic E-state index is 0.606. The Balaban J connectivity index is 3.92.